The average Bonchev–Trinajstić information content (AvgIpc) is 3.55. The van der Waals surface area contributed by atoms with Gasteiger partial charge in [-0.25, -0.2) is 9.97 Å². The van der Waals surface area contributed by atoms with Crippen molar-refractivity contribution >= 4 is 56.3 Å². The molecule has 0 aliphatic heterocycles. The first-order chi connectivity index (χ1) is 16.4. The first-order valence-electron chi connectivity index (χ1n) is 10.4. The number of aromatic nitrogens is 4. The van der Waals surface area contributed by atoms with E-state index in [2.05, 4.69) is 20.7 Å². The van der Waals surface area contributed by atoms with E-state index in [4.69, 9.17) is 4.98 Å². The molecule has 0 atom stereocenters. The number of pyridine rings is 1. The van der Waals surface area contributed by atoms with Gasteiger partial charge in [0.25, 0.3) is 5.91 Å². The molecule has 5 rings (SSSR count). The van der Waals surface area contributed by atoms with Gasteiger partial charge >= 0.3 is 0 Å². The molecule has 170 valence electrons. The van der Waals surface area contributed by atoms with E-state index in [-0.39, 0.29) is 11.8 Å². The first-order valence-corrected chi connectivity index (χ1v) is 12.2. The second kappa shape index (κ2) is 8.81. The Labute approximate surface area is 203 Å². The van der Waals surface area contributed by atoms with Crippen LogP contribution in [-0.2, 0) is 11.8 Å². The van der Waals surface area contributed by atoms with Crippen LogP contribution < -0.4 is 10.6 Å². The normalized spacial score (nSPS) is 11.0. The lowest BCUT2D eigenvalue weighted by molar-refractivity contribution is -0.114. The zero-order chi connectivity index (χ0) is 23.8. The number of thiophene rings is 1. The van der Waals surface area contributed by atoms with Gasteiger partial charge in [-0.1, -0.05) is 18.2 Å². The van der Waals surface area contributed by atoms with Crippen molar-refractivity contribution in [2.75, 3.05) is 10.6 Å². The van der Waals surface area contributed by atoms with Crippen LogP contribution in [0.25, 0.3) is 32.9 Å². The highest BCUT2D eigenvalue weighted by Gasteiger charge is 2.20. The van der Waals surface area contributed by atoms with Gasteiger partial charge in [-0.05, 0) is 36.6 Å². The van der Waals surface area contributed by atoms with Crippen molar-refractivity contribution in [3.63, 3.8) is 0 Å². The molecule has 4 aromatic heterocycles. The predicted octanol–water partition coefficient (Wildman–Crippen LogP) is 5.34. The van der Waals surface area contributed by atoms with Gasteiger partial charge in [0.2, 0.25) is 5.91 Å². The second-order valence-electron chi connectivity index (χ2n) is 7.69. The standard InChI is InChI=1S/C24H20N6O2S2/c1-13-21-17(11-18(20-5-4-10-33-20)26-22(21)30(3)29-13)23(32)28-24-27-19(12-34-24)15-6-8-16(9-7-15)25-14(2)31/h4-12H,1-3H3,(H,25,31)(H,27,28,32). The summed E-state index contributed by atoms with van der Waals surface area (Å²) in [5, 5.41) is 15.2. The first kappa shape index (κ1) is 21.9. The summed E-state index contributed by atoms with van der Waals surface area (Å²) in [5.74, 6) is -0.383. The Morgan fingerprint density at radius 3 is 2.50 bits per heavy atom. The maximum absolute atomic E-state index is 13.4. The van der Waals surface area contributed by atoms with E-state index in [0.29, 0.717) is 16.3 Å². The summed E-state index contributed by atoms with van der Waals surface area (Å²) in [7, 11) is 1.83. The number of hydrogen-bond donors (Lipinski definition) is 2. The van der Waals surface area contributed by atoms with Crippen LogP contribution in [0.2, 0.25) is 0 Å². The number of rotatable bonds is 5. The molecule has 4 heterocycles. The van der Waals surface area contributed by atoms with Gasteiger partial charge in [0.05, 0.1) is 32.9 Å². The molecular formula is C24H20N6O2S2. The monoisotopic (exact) mass is 488 g/mol. The van der Waals surface area contributed by atoms with E-state index in [9.17, 15) is 9.59 Å². The lowest BCUT2D eigenvalue weighted by Gasteiger charge is -2.07. The summed E-state index contributed by atoms with van der Waals surface area (Å²) in [6, 6.07) is 13.1. The van der Waals surface area contributed by atoms with Gasteiger partial charge in [-0.15, -0.1) is 22.7 Å². The van der Waals surface area contributed by atoms with Crippen LogP contribution in [0.5, 0.6) is 0 Å². The maximum Gasteiger partial charge on any atom is 0.258 e. The number of carbonyl (C=O) groups is 2. The van der Waals surface area contributed by atoms with Crippen LogP contribution in [-0.4, -0.2) is 31.6 Å². The Hall–Kier alpha value is -3.89. The Morgan fingerprint density at radius 2 is 1.79 bits per heavy atom. The lowest BCUT2D eigenvalue weighted by Crippen LogP contribution is -2.13. The van der Waals surface area contributed by atoms with Crippen molar-refractivity contribution < 1.29 is 9.59 Å². The molecule has 0 spiro atoms. The number of nitrogens with zero attached hydrogens (tertiary/aromatic N) is 4. The molecule has 2 amide bonds. The van der Waals surface area contributed by atoms with E-state index < -0.39 is 0 Å². The summed E-state index contributed by atoms with van der Waals surface area (Å²) in [5.41, 5.74) is 4.99. The average molecular weight is 489 g/mol. The van der Waals surface area contributed by atoms with Gasteiger partial charge in [0, 0.05) is 30.6 Å². The molecule has 8 nitrogen and oxygen atoms in total. The minimum absolute atomic E-state index is 0.122. The molecule has 0 radical (unpaired) electrons. The number of aryl methyl sites for hydroxylation is 2. The summed E-state index contributed by atoms with van der Waals surface area (Å²) in [6.07, 6.45) is 0. The molecule has 0 fully saturated rings. The Morgan fingerprint density at radius 1 is 1.00 bits per heavy atom. The fourth-order valence-corrected chi connectivity index (χ4v) is 5.13. The van der Waals surface area contributed by atoms with E-state index in [1.165, 1.54) is 18.3 Å². The third-order valence-electron chi connectivity index (χ3n) is 5.21. The number of thiazole rings is 1. The minimum Gasteiger partial charge on any atom is -0.326 e. The van der Waals surface area contributed by atoms with Gasteiger partial charge < -0.3 is 5.32 Å². The van der Waals surface area contributed by atoms with Crippen molar-refractivity contribution in [2.24, 2.45) is 7.05 Å². The second-order valence-corrected chi connectivity index (χ2v) is 9.50. The van der Waals surface area contributed by atoms with E-state index in [0.717, 1.165) is 38.6 Å². The van der Waals surface area contributed by atoms with Gasteiger partial charge in [0.1, 0.15) is 0 Å². The quantitative estimate of drug-likeness (QED) is 0.348. The SMILES string of the molecule is CC(=O)Nc1ccc(-c2csc(NC(=O)c3cc(-c4cccs4)nc4c3c(C)nn4C)n2)cc1. The molecule has 0 saturated carbocycles. The molecule has 0 saturated heterocycles. The van der Waals surface area contributed by atoms with Crippen molar-refractivity contribution in [3.05, 3.63) is 64.5 Å². The highest BCUT2D eigenvalue weighted by Crippen LogP contribution is 2.31. The third-order valence-corrected chi connectivity index (χ3v) is 6.86. The highest BCUT2D eigenvalue weighted by atomic mass is 32.1. The zero-order valence-corrected chi connectivity index (χ0v) is 20.3. The summed E-state index contributed by atoms with van der Waals surface area (Å²) in [4.78, 5) is 34.9. The fraction of sp³-hybridized carbons (Fsp3) is 0.125. The predicted molar refractivity (Wildman–Crippen MR) is 136 cm³/mol. The summed E-state index contributed by atoms with van der Waals surface area (Å²) < 4.78 is 1.70. The van der Waals surface area contributed by atoms with Crippen LogP contribution >= 0.6 is 22.7 Å². The molecule has 2 N–H and O–H groups in total. The number of amides is 2. The molecule has 0 unspecified atom stereocenters. The molecule has 0 bridgehead atoms. The number of anilines is 2. The summed E-state index contributed by atoms with van der Waals surface area (Å²) >= 11 is 2.92. The number of carbonyl (C=O) groups excluding carboxylic acids is 2. The van der Waals surface area contributed by atoms with Crippen LogP contribution in [0, 0.1) is 6.92 Å². The van der Waals surface area contributed by atoms with E-state index >= 15 is 0 Å². The van der Waals surface area contributed by atoms with Crippen molar-refractivity contribution in [2.45, 2.75) is 13.8 Å². The number of hydrogen-bond acceptors (Lipinski definition) is 7. The minimum atomic E-state index is -0.261. The lowest BCUT2D eigenvalue weighted by atomic mass is 10.1. The van der Waals surface area contributed by atoms with Crippen molar-refractivity contribution in [3.8, 4) is 21.8 Å². The van der Waals surface area contributed by atoms with E-state index in [1.54, 1.807) is 16.0 Å². The van der Waals surface area contributed by atoms with E-state index in [1.807, 2.05) is 67.2 Å². The smallest absolute Gasteiger partial charge is 0.258 e. The highest BCUT2D eigenvalue weighted by molar-refractivity contribution is 7.14. The number of benzene rings is 1. The van der Waals surface area contributed by atoms with Crippen molar-refractivity contribution in [1.82, 2.24) is 19.7 Å². The molecule has 0 aliphatic rings. The van der Waals surface area contributed by atoms with Crippen LogP contribution in [0.4, 0.5) is 10.8 Å². The molecule has 5 aromatic rings. The topological polar surface area (TPSA) is 102 Å². The molecule has 10 heteroatoms. The summed E-state index contributed by atoms with van der Waals surface area (Å²) in [6.45, 7) is 3.34. The largest absolute Gasteiger partial charge is 0.326 e. The van der Waals surface area contributed by atoms with Crippen LogP contribution in [0.3, 0.4) is 0 Å². The molecular weight excluding hydrogens is 468 g/mol. The molecule has 0 aliphatic carbocycles. The van der Waals surface area contributed by atoms with Crippen molar-refractivity contribution in [1.29, 1.82) is 0 Å². The molecule has 1 aromatic carbocycles. The maximum atomic E-state index is 13.4. The van der Waals surface area contributed by atoms with Gasteiger partial charge in [0.15, 0.2) is 10.8 Å². The number of nitrogens with one attached hydrogen (secondary N) is 2. The van der Waals surface area contributed by atoms with Crippen LogP contribution in [0.15, 0.2) is 53.2 Å². The Bertz CT molecular complexity index is 1520. The van der Waals surface area contributed by atoms with Gasteiger partial charge in [-0.2, -0.15) is 5.10 Å². The van der Waals surface area contributed by atoms with Gasteiger partial charge in [-0.3, -0.25) is 19.6 Å². The fourth-order valence-electron chi connectivity index (χ4n) is 3.73. The molecule has 34 heavy (non-hydrogen) atoms. The van der Waals surface area contributed by atoms with Crippen LogP contribution in [0.1, 0.15) is 23.0 Å². The zero-order valence-electron chi connectivity index (χ0n) is 18.6. The Kier molecular flexibility index (Phi) is 5.68. The third kappa shape index (κ3) is 4.20. The number of fused-ring (bicyclic) bond motifs is 1. The Balaban J connectivity index is 1.44.